The summed E-state index contributed by atoms with van der Waals surface area (Å²) in [5.41, 5.74) is 8.22. The molecule has 2 amide bonds. The lowest BCUT2D eigenvalue weighted by Crippen LogP contribution is -2.44. The summed E-state index contributed by atoms with van der Waals surface area (Å²) in [4.78, 5) is 35.6. The van der Waals surface area contributed by atoms with Crippen LogP contribution in [0.1, 0.15) is 60.8 Å². The Balaban J connectivity index is 1.48. The Morgan fingerprint density at radius 1 is 1.20 bits per heavy atom. The fourth-order valence-corrected chi connectivity index (χ4v) is 5.72. The quantitative estimate of drug-likeness (QED) is 0.461. The first-order valence-electron chi connectivity index (χ1n) is 12.8. The molecule has 0 atom stereocenters. The minimum atomic E-state index is -3.62. The summed E-state index contributed by atoms with van der Waals surface area (Å²) in [6, 6.07) is 8.05. The number of hydrogen-bond donors (Lipinski definition) is 2. The number of hydrogen-bond acceptors (Lipinski definition) is 8. The number of imide groups is 1. The highest BCUT2D eigenvalue weighted by atomic mass is 32.2. The van der Waals surface area contributed by atoms with Crippen LogP contribution in [0.4, 0.5) is 10.7 Å². The highest BCUT2D eigenvalue weighted by Gasteiger charge is 2.35. The maximum absolute atomic E-state index is 13.3. The molecule has 3 heterocycles. The first-order valence-corrected chi connectivity index (χ1v) is 14.3. The summed E-state index contributed by atoms with van der Waals surface area (Å²) < 4.78 is 35.2. The van der Waals surface area contributed by atoms with Crippen LogP contribution >= 0.6 is 0 Å². The molecule has 11 nitrogen and oxygen atoms in total. The number of amides is 2. The SMILES string of the molecule is Cn1c(-c2nc(N)ncc2C#Cc2cccc(S(=O)(=O)NC3CC3)c2)cc2c1CCN(C(=O)OC(C)(C)C)C2=O. The Labute approximate surface area is 232 Å². The van der Waals surface area contributed by atoms with Gasteiger partial charge in [0.15, 0.2) is 0 Å². The fourth-order valence-electron chi connectivity index (χ4n) is 4.36. The van der Waals surface area contributed by atoms with Crippen LogP contribution in [0.2, 0.25) is 0 Å². The van der Waals surface area contributed by atoms with Crippen molar-refractivity contribution >= 4 is 28.0 Å². The van der Waals surface area contributed by atoms with Crippen molar-refractivity contribution < 1.29 is 22.7 Å². The van der Waals surface area contributed by atoms with Gasteiger partial charge in [-0.1, -0.05) is 17.9 Å². The molecular formula is C28H30N6O5S. The van der Waals surface area contributed by atoms with Crippen LogP contribution < -0.4 is 10.5 Å². The topological polar surface area (TPSA) is 150 Å². The van der Waals surface area contributed by atoms with Crippen LogP contribution in [-0.2, 0) is 28.2 Å². The van der Waals surface area contributed by atoms with Crippen LogP contribution in [-0.4, -0.2) is 58.0 Å². The molecular weight excluding hydrogens is 532 g/mol. The van der Waals surface area contributed by atoms with Crippen LogP contribution in [0.15, 0.2) is 41.4 Å². The van der Waals surface area contributed by atoms with E-state index in [-0.39, 0.29) is 23.4 Å². The monoisotopic (exact) mass is 562 g/mol. The molecule has 0 bridgehead atoms. The number of nitrogen functional groups attached to an aromatic ring is 1. The molecule has 1 fully saturated rings. The number of benzene rings is 1. The van der Waals surface area contributed by atoms with E-state index in [9.17, 15) is 18.0 Å². The summed E-state index contributed by atoms with van der Waals surface area (Å²) >= 11 is 0. The molecule has 1 saturated carbocycles. The Morgan fingerprint density at radius 2 is 1.95 bits per heavy atom. The molecule has 1 aliphatic carbocycles. The second-order valence-corrected chi connectivity index (χ2v) is 12.5. The second-order valence-electron chi connectivity index (χ2n) is 10.8. The standard InChI is InChI=1S/C28H30N6O5S/c1-28(2,3)39-27(36)34-13-12-22-21(25(34)35)15-23(33(22)4)24-18(16-30-26(29)31-24)9-8-17-6-5-7-20(14-17)40(37,38)32-19-10-11-19/h5-7,14-16,19,32H,10-13H2,1-4H3,(H2,29,30,31). The molecule has 3 aromatic rings. The number of sulfonamides is 1. The van der Waals surface area contributed by atoms with Crippen molar-refractivity contribution in [2.24, 2.45) is 7.05 Å². The van der Waals surface area contributed by atoms with Crippen LogP contribution in [0.25, 0.3) is 11.4 Å². The zero-order chi connectivity index (χ0) is 28.8. The van der Waals surface area contributed by atoms with Gasteiger partial charge >= 0.3 is 6.09 Å². The number of aromatic nitrogens is 3. The number of ether oxygens (including phenoxy) is 1. The van der Waals surface area contributed by atoms with Crippen LogP contribution in [0, 0.1) is 11.8 Å². The van der Waals surface area contributed by atoms with Gasteiger partial charge in [-0.3, -0.25) is 4.79 Å². The van der Waals surface area contributed by atoms with Crippen molar-refractivity contribution in [1.29, 1.82) is 0 Å². The summed E-state index contributed by atoms with van der Waals surface area (Å²) in [6.45, 7) is 5.42. The minimum Gasteiger partial charge on any atom is -0.443 e. The largest absolute Gasteiger partial charge is 0.443 e. The van der Waals surface area contributed by atoms with Gasteiger partial charge < -0.3 is 15.0 Å². The first kappa shape index (κ1) is 27.4. The maximum Gasteiger partial charge on any atom is 0.417 e. The molecule has 1 aliphatic heterocycles. The third-order valence-corrected chi connectivity index (χ3v) is 7.97. The van der Waals surface area contributed by atoms with Gasteiger partial charge in [0.25, 0.3) is 5.91 Å². The van der Waals surface area contributed by atoms with Gasteiger partial charge in [0.1, 0.15) is 11.3 Å². The predicted molar refractivity (Wildman–Crippen MR) is 148 cm³/mol. The summed E-state index contributed by atoms with van der Waals surface area (Å²) in [5, 5.41) is 0. The fraction of sp³-hybridized carbons (Fsp3) is 0.357. The molecule has 1 aromatic carbocycles. The number of nitrogens with two attached hydrogens (primary N) is 1. The van der Waals surface area contributed by atoms with Crippen molar-refractivity contribution in [3.05, 3.63) is 58.9 Å². The average Bonchev–Trinajstić information content (AvgIpc) is 3.62. The molecule has 0 saturated heterocycles. The molecule has 12 heteroatoms. The van der Waals surface area contributed by atoms with E-state index in [1.54, 1.807) is 46.0 Å². The van der Waals surface area contributed by atoms with Crippen LogP contribution in [0.3, 0.4) is 0 Å². The molecule has 0 spiro atoms. The highest BCUT2D eigenvalue weighted by molar-refractivity contribution is 7.89. The number of carbonyl (C=O) groups excluding carboxylic acids is 2. The highest BCUT2D eigenvalue weighted by Crippen LogP contribution is 2.31. The van der Waals surface area contributed by atoms with Crippen molar-refractivity contribution in [2.45, 2.75) is 56.6 Å². The molecule has 5 rings (SSSR count). The van der Waals surface area contributed by atoms with E-state index in [0.717, 1.165) is 23.4 Å². The molecule has 40 heavy (non-hydrogen) atoms. The lowest BCUT2D eigenvalue weighted by Gasteiger charge is -2.28. The van der Waals surface area contributed by atoms with Crippen molar-refractivity contribution in [3.63, 3.8) is 0 Å². The van der Waals surface area contributed by atoms with Crippen molar-refractivity contribution in [3.8, 4) is 23.2 Å². The number of fused-ring (bicyclic) bond motifs is 1. The van der Waals surface area contributed by atoms with E-state index >= 15 is 0 Å². The molecule has 208 valence electrons. The first-order chi connectivity index (χ1) is 18.8. The number of nitrogens with zero attached hydrogens (tertiary/aromatic N) is 4. The number of anilines is 1. The smallest absolute Gasteiger partial charge is 0.417 e. The van der Waals surface area contributed by atoms with Gasteiger partial charge in [0, 0.05) is 43.5 Å². The Morgan fingerprint density at radius 3 is 2.65 bits per heavy atom. The number of nitrogens with one attached hydrogen (secondary N) is 1. The van der Waals surface area contributed by atoms with Crippen molar-refractivity contribution in [1.82, 2.24) is 24.2 Å². The van der Waals surface area contributed by atoms with E-state index in [2.05, 4.69) is 26.5 Å². The Kier molecular flexibility index (Phi) is 6.89. The summed E-state index contributed by atoms with van der Waals surface area (Å²) in [6.07, 6.45) is 2.91. The molecule has 0 radical (unpaired) electrons. The molecule has 0 unspecified atom stereocenters. The van der Waals surface area contributed by atoms with E-state index in [1.165, 1.54) is 18.3 Å². The molecule has 2 aromatic heterocycles. The zero-order valence-electron chi connectivity index (χ0n) is 22.7. The van der Waals surface area contributed by atoms with Gasteiger partial charge in [-0.15, -0.1) is 0 Å². The maximum atomic E-state index is 13.3. The third kappa shape index (κ3) is 5.71. The van der Waals surface area contributed by atoms with Gasteiger partial charge in [-0.2, -0.15) is 0 Å². The summed E-state index contributed by atoms with van der Waals surface area (Å²) in [7, 11) is -1.82. The lowest BCUT2D eigenvalue weighted by molar-refractivity contribution is 0.0232. The average molecular weight is 563 g/mol. The van der Waals surface area contributed by atoms with Gasteiger partial charge in [-0.25, -0.2) is 32.8 Å². The minimum absolute atomic E-state index is 0.00608. The van der Waals surface area contributed by atoms with Crippen molar-refractivity contribution in [2.75, 3.05) is 12.3 Å². The van der Waals surface area contributed by atoms with Gasteiger partial charge in [-0.05, 0) is 57.9 Å². The Hall–Kier alpha value is -4.21. The Bertz CT molecular complexity index is 1690. The lowest BCUT2D eigenvalue weighted by atomic mass is 10.1. The predicted octanol–water partition coefficient (Wildman–Crippen LogP) is 2.84. The van der Waals surface area contributed by atoms with Crippen LogP contribution in [0.5, 0.6) is 0 Å². The van der Waals surface area contributed by atoms with E-state index in [1.807, 2.05) is 4.57 Å². The molecule has 2 aliphatic rings. The number of rotatable bonds is 4. The third-order valence-electron chi connectivity index (χ3n) is 6.45. The number of carbonyl (C=O) groups is 2. The zero-order valence-corrected chi connectivity index (χ0v) is 23.5. The van der Waals surface area contributed by atoms with E-state index in [0.29, 0.717) is 34.5 Å². The normalized spacial score (nSPS) is 15.3. The second kappa shape index (κ2) is 10.1. The van der Waals surface area contributed by atoms with Gasteiger partial charge in [0.05, 0.1) is 21.7 Å². The molecule has 3 N–H and O–H groups in total. The van der Waals surface area contributed by atoms with Gasteiger partial charge in [0.2, 0.25) is 16.0 Å². The summed E-state index contributed by atoms with van der Waals surface area (Å²) in [5.74, 6) is 5.60. The van der Waals surface area contributed by atoms with E-state index in [4.69, 9.17) is 10.5 Å². The van der Waals surface area contributed by atoms with E-state index < -0.39 is 27.6 Å².